The monoisotopic (exact) mass is 297 g/mol. The Morgan fingerprint density at radius 3 is 2.94 bits per heavy atom. The van der Waals surface area contributed by atoms with Crippen molar-refractivity contribution < 1.29 is 13.9 Å². The van der Waals surface area contributed by atoms with E-state index in [0.717, 1.165) is 0 Å². The lowest BCUT2D eigenvalue weighted by molar-refractivity contribution is 0.0520. The second kappa shape index (κ2) is 4.79. The molecule has 0 spiro atoms. The van der Waals surface area contributed by atoms with Crippen molar-refractivity contribution >= 4 is 32.8 Å². The number of hydrogen-bond donors (Lipinski definition) is 0. The van der Waals surface area contributed by atoms with E-state index in [2.05, 4.69) is 20.9 Å². The Labute approximate surface area is 106 Å². The topological polar surface area (TPSA) is 39.2 Å². The standard InChI is InChI=1S/C12H9BrFNO2/c1-2-17-12(16)10-4-3-7-5-8(14)6-9(13)11(7)15-10/h3-6H,2H2,1H3. The number of esters is 1. The molecule has 0 unspecified atom stereocenters. The molecule has 0 saturated carbocycles. The lowest BCUT2D eigenvalue weighted by Gasteiger charge is -2.04. The molecule has 0 N–H and O–H groups in total. The molecule has 0 aliphatic carbocycles. The fourth-order valence-electron chi connectivity index (χ4n) is 1.48. The van der Waals surface area contributed by atoms with Gasteiger partial charge in [-0.2, -0.15) is 0 Å². The Kier molecular flexibility index (Phi) is 3.38. The Hall–Kier alpha value is -1.49. The van der Waals surface area contributed by atoms with Crippen molar-refractivity contribution in [2.45, 2.75) is 6.92 Å². The van der Waals surface area contributed by atoms with Gasteiger partial charge in [-0.3, -0.25) is 0 Å². The number of hydrogen-bond acceptors (Lipinski definition) is 3. The van der Waals surface area contributed by atoms with Crippen LogP contribution in [0.1, 0.15) is 17.4 Å². The minimum atomic E-state index is -0.481. The van der Waals surface area contributed by atoms with Crippen LogP contribution >= 0.6 is 15.9 Å². The Morgan fingerprint density at radius 2 is 2.24 bits per heavy atom. The maximum absolute atomic E-state index is 13.1. The molecule has 0 aliphatic rings. The molecule has 1 aromatic heterocycles. The summed E-state index contributed by atoms with van der Waals surface area (Å²) >= 11 is 3.22. The highest BCUT2D eigenvalue weighted by Gasteiger charge is 2.11. The highest BCUT2D eigenvalue weighted by atomic mass is 79.9. The van der Waals surface area contributed by atoms with Crippen LogP contribution in [0.3, 0.4) is 0 Å². The van der Waals surface area contributed by atoms with Crippen molar-refractivity contribution in [3.8, 4) is 0 Å². The van der Waals surface area contributed by atoms with Crippen LogP contribution in [0.4, 0.5) is 4.39 Å². The van der Waals surface area contributed by atoms with Gasteiger partial charge in [0.2, 0.25) is 0 Å². The molecule has 0 atom stereocenters. The highest BCUT2D eigenvalue weighted by molar-refractivity contribution is 9.10. The number of pyridine rings is 1. The fourth-order valence-corrected chi connectivity index (χ4v) is 2.01. The first-order valence-electron chi connectivity index (χ1n) is 5.04. The van der Waals surface area contributed by atoms with Crippen molar-refractivity contribution in [2.24, 2.45) is 0 Å². The zero-order valence-corrected chi connectivity index (χ0v) is 10.6. The minimum Gasteiger partial charge on any atom is -0.461 e. The molecule has 0 fully saturated rings. The van der Waals surface area contributed by atoms with E-state index < -0.39 is 5.97 Å². The van der Waals surface area contributed by atoms with Crippen LogP contribution in [0, 0.1) is 5.82 Å². The zero-order chi connectivity index (χ0) is 12.4. The smallest absolute Gasteiger partial charge is 0.356 e. The Bertz CT molecular complexity index is 586. The van der Waals surface area contributed by atoms with Gasteiger partial charge in [-0.25, -0.2) is 14.2 Å². The third-order valence-electron chi connectivity index (χ3n) is 2.20. The van der Waals surface area contributed by atoms with Gasteiger partial charge >= 0.3 is 5.97 Å². The molecular formula is C12H9BrFNO2. The van der Waals surface area contributed by atoms with E-state index in [1.807, 2.05) is 0 Å². The third kappa shape index (κ3) is 2.44. The molecule has 88 valence electrons. The first-order valence-corrected chi connectivity index (χ1v) is 5.84. The van der Waals surface area contributed by atoms with Gasteiger partial charge in [0.05, 0.1) is 12.1 Å². The molecule has 0 radical (unpaired) electrons. The Morgan fingerprint density at radius 1 is 1.47 bits per heavy atom. The average molecular weight is 298 g/mol. The second-order valence-corrected chi connectivity index (χ2v) is 4.23. The van der Waals surface area contributed by atoms with E-state index in [0.29, 0.717) is 22.0 Å². The van der Waals surface area contributed by atoms with Crippen LogP contribution in [0.15, 0.2) is 28.7 Å². The molecule has 1 heterocycles. The van der Waals surface area contributed by atoms with Gasteiger partial charge in [0.1, 0.15) is 11.5 Å². The number of benzene rings is 1. The van der Waals surface area contributed by atoms with Crippen molar-refractivity contribution in [1.29, 1.82) is 0 Å². The molecular weight excluding hydrogens is 289 g/mol. The van der Waals surface area contributed by atoms with E-state index >= 15 is 0 Å². The van der Waals surface area contributed by atoms with Crippen molar-refractivity contribution in [3.05, 3.63) is 40.2 Å². The highest BCUT2D eigenvalue weighted by Crippen LogP contribution is 2.24. The molecule has 0 bridgehead atoms. The zero-order valence-electron chi connectivity index (χ0n) is 9.04. The van der Waals surface area contributed by atoms with Gasteiger partial charge in [0.25, 0.3) is 0 Å². The van der Waals surface area contributed by atoms with Crippen LogP contribution in [0.25, 0.3) is 10.9 Å². The maximum Gasteiger partial charge on any atom is 0.356 e. The predicted octanol–water partition coefficient (Wildman–Crippen LogP) is 3.31. The van der Waals surface area contributed by atoms with Crippen LogP contribution in [0.5, 0.6) is 0 Å². The second-order valence-electron chi connectivity index (χ2n) is 3.38. The summed E-state index contributed by atoms with van der Waals surface area (Å²) in [4.78, 5) is 15.6. The molecule has 5 heteroatoms. The van der Waals surface area contributed by atoms with Gasteiger partial charge in [-0.15, -0.1) is 0 Å². The summed E-state index contributed by atoms with van der Waals surface area (Å²) in [5, 5.41) is 0.630. The number of ether oxygens (including phenoxy) is 1. The summed E-state index contributed by atoms with van der Waals surface area (Å²) in [6, 6.07) is 5.83. The molecule has 3 nitrogen and oxygen atoms in total. The maximum atomic E-state index is 13.1. The lowest BCUT2D eigenvalue weighted by Crippen LogP contribution is -2.07. The number of nitrogens with zero attached hydrogens (tertiary/aromatic N) is 1. The van der Waals surface area contributed by atoms with Gasteiger partial charge < -0.3 is 4.74 Å². The summed E-state index contributed by atoms with van der Waals surface area (Å²) in [5.74, 6) is -0.833. The minimum absolute atomic E-state index is 0.214. The van der Waals surface area contributed by atoms with E-state index in [1.165, 1.54) is 18.2 Å². The van der Waals surface area contributed by atoms with Crippen LogP contribution in [-0.4, -0.2) is 17.6 Å². The van der Waals surface area contributed by atoms with E-state index in [9.17, 15) is 9.18 Å². The molecule has 2 rings (SSSR count). The largest absolute Gasteiger partial charge is 0.461 e. The van der Waals surface area contributed by atoms with Crippen molar-refractivity contribution in [3.63, 3.8) is 0 Å². The van der Waals surface area contributed by atoms with Crippen molar-refractivity contribution in [2.75, 3.05) is 6.61 Å². The van der Waals surface area contributed by atoms with Crippen LogP contribution in [-0.2, 0) is 4.74 Å². The normalized spacial score (nSPS) is 10.5. The summed E-state index contributed by atoms with van der Waals surface area (Å²) in [7, 11) is 0. The first-order chi connectivity index (χ1) is 8.11. The third-order valence-corrected chi connectivity index (χ3v) is 2.80. The summed E-state index contributed by atoms with van der Waals surface area (Å²) < 4.78 is 18.5. The Balaban J connectivity index is 2.54. The van der Waals surface area contributed by atoms with Crippen molar-refractivity contribution in [1.82, 2.24) is 4.98 Å². The number of carbonyl (C=O) groups is 1. The van der Waals surface area contributed by atoms with E-state index in [4.69, 9.17) is 4.74 Å². The number of carbonyl (C=O) groups excluding carboxylic acids is 1. The number of halogens is 2. The van der Waals surface area contributed by atoms with Crippen LogP contribution in [0.2, 0.25) is 0 Å². The van der Waals surface area contributed by atoms with Gasteiger partial charge in [0.15, 0.2) is 0 Å². The summed E-state index contributed by atoms with van der Waals surface area (Å²) in [6.45, 7) is 2.02. The lowest BCUT2D eigenvalue weighted by atomic mass is 10.2. The number of aromatic nitrogens is 1. The fraction of sp³-hybridized carbons (Fsp3) is 0.167. The van der Waals surface area contributed by atoms with Crippen LogP contribution < -0.4 is 0 Å². The number of rotatable bonds is 2. The molecule has 17 heavy (non-hydrogen) atoms. The SMILES string of the molecule is CCOC(=O)c1ccc2cc(F)cc(Br)c2n1. The molecule has 2 aromatic rings. The molecule has 0 aliphatic heterocycles. The summed E-state index contributed by atoms with van der Waals surface area (Å²) in [6.07, 6.45) is 0. The molecule has 1 aromatic carbocycles. The average Bonchev–Trinajstić information content (AvgIpc) is 2.28. The van der Waals surface area contributed by atoms with Gasteiger partial charge in [-0.1, -0.05) is 6.07 Å². The van der Waals surface area contributed by atoms with E-state index in [-0.39, 0.29) is 11.5 Å². The number of fused-ring (bicyclic) bond motifs is 1. The van der Waals surface area contributed by atoms with Gasteiger partial charge in [-0.05, 0) is 41.1 Å². The molecule has 0 amide bonds. The molecule has 0 saturated heterocycles. The summed E-state index contributed by atoms with van der Waals surface area (Å²) in [5.41, 5.74) is 0.753. The first kappa shape index (κ1) is 12.0. The quantitative estimate of drug-likeness (QED) is 0.798. The van der Waals surface area contributed by atoms with Gasteiger partial charge in [0, 0.05) is 9.86 Å². The van der Waals surface area contributed by atoms with E-state index in [1.54, 1.807) is 13.0 Å². The predicted molar refractivity (Wildman–Crippen MR) is 65.4 cm³/mol.